The van der Waals surface area contributed by atoms with Crippen LogP contribution in [0, 0.1) is 5.92 Å². The molecule has 0 unspecified atom stereocenters. The molecular weight excluding hydrogens is 351 g/mol. The van der Waals surface area contributed by atoms with Gasteiger partial charge in [-0.25, -0.2) is 4.79 Å². The standard InChI is InChI=1S/C13H16Cl2N2O4S/c1-6(2)3-8(13(20)21)17-10(18)5-16-12(19)7-4-9(14)22-11(7)15/h4,6,8H,3,5H2,1-2H3,(H,16,19)(H,17,18)(H,20,21)/t8-/m0/s1. The van der Waals surface area contributed by atoms with E-state index in [1.807, 2.05) is 13.8 Å². The first-order chi connectivity index (χ1) is 10.2. The number of amides is 2. The molecule has 0 aliphatic carbocycles. The van der Waals surface area contributed by atoms with E-state index < -0.39 is 23.8 Å². The van der Waals surface area contributed by atoms with Crippen LogP contribution in [0.1, 0.15) is 30.6 Å². The summed E-state index contributed by atoms with van der Waals surface area (Å²) < 4.78 is 0.591. The molecule has 2 amide bonds. The van der Waals surface area contributed by atoms with Gasteiger partial charge >= 0.3 is 5.97 Å². The van der Waals surface area contributed by atoms with Crippen molar-refractivity contribution in [3.63, 3.8) is 0 Å². The zero-order valence-electron chi connectivity index (χ0n) is 12.0. The zero-order valence-corrected chi connectivity index (χ0v) is 14.3. The highest BCUT2D eigenvalue weighted by atomic mass is 35.5. The molecule has 0 radical (unpaired) electrons. The van der Waals surface area contributed by atoms with E-state index in [-0.39, 0.29) is 22.4 Å². The minimum atomic E-state index is -1.11. The van der Waals surface area contributed by atoms with Gasteiger partial charge in [-0.2, -0.15) is 0 Å². The molecule has 0 bridgehead atoms. The number of hydrogen-bond acceptors (Lipinski definition) is 4. The second-order valence-corrected chi connectivity index (χ2v) is 7.29. The monoisotopic (exact) mass is 366 g/mol. The molecular formula is C13H16Cl2N2O4S. The third-order valence-electron chi connectivity index (χ3n) is 2.65. The highest BCUT2D eigenvalue weighted by molar-refractivity contribution is 7.20. The van der Waals surface area contributed by atoms with E-state index in [2.05, 4.69) is 10.6 Å². The number of halogens is 2. The molecule has 0 saturated carbocycles. The number of rotatable bonds is 7. The van der Waals surface area contributed by atoms with Gasteiger partial charge in [0, 0.05) is 0 Å². The van der Waals surface area contributed by atoms with Gasteiger partial charge in [0.15, 0.2) is 0 Å². The van der Waals surface area contributed by atoms with Gasteiger partial charge in [-0.05, 0) is 18.4 Å². The molecule has 1 rings (SSSR count). The van der Waals surface area contributed by atoms with E-state index in [1.165, 1.54) is 6.07 Å². The van der Waals surface area contributed by atoms with Gasteiger partial charge in [0.25, 0.3) is 5.91 Å². The van der Waals surface area contributed by atoms with Gasteiger partial charge in [-0.3, -0.25) is 9.59 Å². The number of thiophene rings is 1. The Morgan fingerprint density at radius 1 is 1.32 bits per heavy atom. The Labute approximate surface area is 141 Å². The number of carbonyl (C=O) groups is 3. The number of carboxylic acid groups (broad SMARTS) is 1. The maximum absolute atomic E-state index is 11.8. The Morgan fingerprint density at radius 2 is 1.95 bits per heavy atom. The largest absolute Gasteiger partial charge is 0.480 e. The smallest absolute Gasteiger partial charge is 0.326 e. The lowest BCUT2D eigenvalue weighted by Gasteiger charge is -2.16. The van der Waals surface area contributed by atoms with Crippen molar-refractivity contribution in [2.24, 2.45) is 5.92 Å². The van der Waals surface area contributed by atoms with Gasteiger partial charge in [0.1, 0.15) is 10.4 Å². The number of nitrogens with one attached hydrogen (secondary N) is 2. The molecule has 3 N–H and O–H groups in total. The van der Waals surface area contributed by atoms with Crippen molar-refractivity contribution in [2.75, 3.05) is 6.54 Å². The Hall–Kier alpha value is -1.31. The first-order valence-corrected chi connectivity index (χ1v) is 8.03. The fraction of sp³-hybridized carbons (Fsp3) is 0.462. The average Bonchev–Trinajstić information content (AvgIpc) is 2.73. The number of carbonyl (C=O) groups excluding carboxylic acids is 2. The van der Waals surface area contributed by atoms with E-state index in [0.29, 0.717) is 10.8 Å². The lowest BCUT2D eigenvalue weighted by atomic mass is 10.0. The van der Waals surface area contributed by atoms with Crippen molar-refractivity contribution in [1.82, 2.24) is 10.6 Å². The number of hydrogen-bond donors (Lipinski definition) is 3. The summed E-state index contributed by atoms with van der Waals surface area (Å²) in [5.41, 5.74) is 0.182. The fourth-order valence-electron chi connectivity index (χ4n) is 1.69. The number of aliphatic carboxylic acids is 1. The van der Waals surface area contributed by atoms with Crippen molar-refractivity contribution in [3.05, 3.63) is 20.3 Å². The minimum Gasteiger partial charge on any atom is -0.480 e. The van der Waals surface area contributed by atoms with Crippen LogP contribution in [0.3, 0.4) is 0 Å². The van der Waals surface area contributed by atoms with Gasteiger partial charge in [0.05, 0.1) is 16.4 Å². The summed E-state index contributed by atoms with van der Waals surface area (Å²) in [6.45, 7) is 3.36. The molecule has 122 valence electrons. The van der Waals surface area contributed by atoms with E-state index in [1.54, 1.807) is 0 Å². The summed E-state index contributed by atoms with van der Waals surface area (Å²) in [7, 11) is 0. The van der Waals surface area contributed by atoms with Crippen LogP contribution >= 0.6 is 34.5 Å². The summed E-state index contributed by atoms with van der Waals surface area (Å²) in [5, 5.41) is 13.8. The fourth-order valence-corrected chi connectivity index (χ4v) is 3.15. The molecule has 1 heterocycles. The van der Waals surface area contributed by atoms with Crippen LogP contribution in [-0.4, -0.2) is 35.5 Å². The Morgan fingerprint density at radius 3 is 2.41 bits per heavy atom. The molecule has 0 spiro atoms. The van der Waals surface area contributed by atoms with E-state index in [9.17, 15) is 14.4 Å². The topological polar surface area (TPSA) is 95.5 Å². The van der Waals surface area contributed by atoms with Crippen LogP contribution in [-0.2, 0) is 9.59 Å². The summed E-state index contributed by atoms with van der Waals surface area (Å²) in [6, 6.07) is 0.421. The highest BCUT2D eigenvalue weighted by Crippen LogP contribution is 2.30. The summed E-state index contributed by atoms with van der Waals surface area (Å²) >= 11 is 12.6. The quantitative estimate of drug-likeness (QED) is 0.690. The minimum absolute atomic E-state index is 0.114. The Bertz CT molecular complexity index is 574. The van der Waals surface area contributed by atoms with Crippen LogP contribution in [0.15, 0.2) is 6.07 Å². The van der Waals surface area contributed by atoms with E-state index in [0.717, 1.165) is 11.3 Å². The molecule has 0 aliphatic heterocycles. The molecule has 0 fully saturated rings. The van der Waals surface area contributed by atoms with E-state index in [4.69, 9.17) is 28.3 Å². The molecule has 1 aromatic rings. The van der Waals surface area contributed by atoms with Crippen LogP contribution < -0.4 is 10.6 Å². The van der Waals surface area contributed by atoms with Crippen molar-refractivity contribution in [1.29, 1.82) is 0 Å². The molecule has 0 saturated heterocycles. The molecule has 1 aromatic heterocycles. The number of carboxylic acids is 1. The van der Waals surface area contributed by atoms with Gasteiger partial charge in [0.2, 0.25) is 5.91 Å². The lowest BCUT2D eigenvalue weighted by molar-refractivity contribution is -0.142. The normalized spacial score (nSPS) is 12.0. The Kier molecular flexibility index (Phi) is 7.12. The average molecular weight is 367 g/mol. The maximum Gasteiger partial charge on any atom is 0.326 e. The van der Waals surface area contributed by atoms with Crippen molar-refractivity contribution in [2.45, 2.75) is 26.3 Å². The van der Waals surface area contributed by atoms with Crippen LogP contribution in [0.4, 0.5) is 0 Å². The predicted octanol–water partition coefficient (Wildman–Crippen LogP) is 2.40. The maximum atomic E-state index is 11.8. The second-order valence-electron chi connectivity index (χ2n) is 5.01. The molecule has 0 aromatic carbocycles. The first-order valence-electron chi connectivity index (χ1n) is 6.46. The Balaban J connectivity index is 2.53. The van der Waals surface area contributed by atoms with Crippen molar-refractivity contribution >= 4 is 52.3 Å². The van der Waals surface area contributed by atoms with Crippen LogP contribution in [0.5, 0.6) is 0 Å². The summed E-state index contributed by atoms with van der Waals surface area (Å²) in [5.74, 6) is -2.12. The molecule has 22 heavy (non-hydrogen) atoms. The zero-order chi connectivity index (χ0) is 16.9. The van der Waals surface area contributed by atoms with Crippen LogP contribution in [0.2, 0.25) is 8.67 Å². The highest BCUT2D eigenvalue weighted by Gasteiger charge is 2.21. The van der Waals surface area contributed by atoms with E-state index >= 15 is 0 Å². The third-order valence-corrected chi connectivity index (χ3v) is 4.14. The molecule has 9 heteroatoms. The van der Waals surface area contributed by atoms with Crippen LogP contribution in [0.25, 0.3) is 0 Å². The predicted molar refractivity (Wildman–Crippen MR) is 85.7 cm³/mol. The van der Waals surface area contributed by atoms with Crippen molar-refractivity contribution in [3.8, 4) is 0 Å². The molecule has 0 aliphatic rings. The lowest BCUT2D eigenvalue weighted by Crippen LogP contribution is -2.46. The van der Waals surface area contributed by atoms with Gasteiger partial charge in [-0.1, -0.05) is 37.0 Å². The van der Waals surface area contributed by atoms with Gasteiger partial charge < -0.3 is 15.7 Å². The first kappa shape index (κ1) is 18.7. The summed E-state index contributed by atoms with van der Waals surface area (Å²) in [4.78, 5) is 34.6. The third kappa shape index (κ3) is 5.82. The molecule has 6 nitrogen and oxygen atoms in total. The molecule has 1 atom stereocenters. The van der Waals surface area contributed by atoms with Crippen molar-refractivity contribution < 1.29 is 19.5 Å². The second kappa shape index (κ2) is 8.36. The summed E-state index contributed by atoms with van der Waals surface area (Å²) in [6.07, 6.45) is 0.307. The van der Waals surface area contributed by atoms with Gasteiger partial charge in [-0.15, -0.1) is 11.3 Å². The SMILES string of the molecule is CC(C)C[C@H](NC(=O)CNC(=O)c1cc(Cl)sc1Cl)C(=O)O.